The average Bonchev–Trinajstić information content (AvgIpc) is 2.76. The molecular weight excluding hydrogens is 430 g/mol. The van der Waals surface area contributed by atoms with Crippen molar-refractivity contribution in [3.8, 4) is 22.6 Å². The first-order valence-electron chi connectivity index (χ1n) is 12.8. The van der Waals surface area contributed by atoms with Crippen LogP contribution in [0, 0.1) is 13.8 Å². The van der Waals surface area contributed by atoms with Gasteiger partial charge in [0.05, 0.1) is 5.69 Å². The number of para-hydroxylation sites is 1. The Hall–Kier alpha value is -2.94. The molecule has 35 heavy (non-hydrogen) atoms. The first kappa shape index (κ1) is 26.7. The predicted molar refractivity (Wildman–Crippen MR) is 150 cm³/mol. The summed E-state index contributed by atoms with van der Waals surface area (Å²) in [6.45, 7) is 19.9. The number of unbranched alkanes of at least 4 members (excludes halogenated alkanes) is 1. The monoisotopic (exact) mass is 473 g/mol. The number of phenols is 2. The normalized spacial score (nSPS) is 12.1. The van der Waals surface area contributed by atoms with Crippen LogP contribution >= 0.6 is 0 Å². The van der Waals surface area contributed by atoms with Crippen molar-refractivity contribution in [1.29, 1.82) is 0 Å². The van der Waals surface area contributed by atoms with Crippen LogP contribution in [0.1, 0.15) is 83.6 Å². The van der Waals surface area contributed by atoms with Gasteiger partial charge in [0, 0.05) is 34.5 Å². The minimum atomic E-state index is -0.183. The number of aromatic hydroxyl groups is 2. The Morgan fingerprint density at radius 1 is 0.686 bits per heavy atom. The molecule has 2 N–H and O–H groups in total. The summed E-state index contributed by atoms with van der Waals surface area (Å²) in [6.07, 6.45) is 2.03. The molecule has 0 amide bonds. The van der Waals surface area contributed by atoms with Gasteiger partial charge < -0.3 is 15.1 Å². The average molecular weight is 474 g/mol. The van der Waals surface area contributed by atoms with Crippen molar-refractivity contribution in [2.24, 2.45) is 0 Å². The number of phenolic OH excluding ortho intramolecular Hbond substituents is 2. The maximum Gasteiger partial charge on any atom is 0.142 e. The van der Waals surface area contributed by atoms with Crippen LogP contribution in [0.5, 0.6) is 11.5 Å². The molecule has 0 saturated carbocycles. The lowest BCUT2D eigenvalue weighted by atomic mass is 9.83. The summed E-state index contributed by atoms with van der Waals surface area (Å²) < 4.78 is 0. The number of hydrogen-bond acceptors (Lipinski definition) is 3. The van der Waals surface area contributed by atoms with Gasteiger partial charge in [0.1, 0.15) is 11.5 Å². The summed E-state index contributed by atoms with van der Waals surface area (Å²) >= 11 is 0. The van der Waals surface area contributed by atoms with Gasteiger partial charge in [-0.25, -0.2) is 0 Å². The van der Waals surface area contributed by atoms with Crippen molar-refractivity contribution in [2.75, 3.05) is 11.4 Å². The topological polar surface area (TPSA) is 43.7 Å². The largest absolute Gasteiger partial charge is 0.507 e. The number of hydrogen-bond donors (Lipinski definition) is 2. The molecule has 3 rings (SSSR count). The highest BCUT2D eigenvalue weighted by Gasteiger charge is 2.27. The van der Waals surface area contributed by atoms with E-state index < -0.39 is 0 Å². The van der Waals surface area contributed by atoms with Crippen molar-refractivity contribution < 1.29 is 10.2 Å². The van der Waals surface area contributed by atoms with E-state index in [-0.39, 0.29) is 10.8 Å². The third-order valence-electron chi connectivity index (χ3n) is 6.62. The van der Waals surface area contributed by atoms with E-state index in [2.05, 4.69) is 104 Å². The van der Waals surface area contributed by atoms with Gasteiger partial charge in [0.2, 0.25) is 0 Å². The summed E-state index contributed by atoms with van der Waals surface area (Å²) in [7, 11) is 0. The Bertz CT molecular complexity index is 1200. The van der Waals surface area contributed by atoms with Crippen LogP contribution in [0.4, 0.5) is 11.4 Å². The van der Waals surface area contributed by atoms with Crippen LogP contribution in [-0.2, 0) is 10.8 Å². The zero-order valence-electron chi connectivity index (χ0n) is 23.1. The van der Waals surface area contributed by atoms with Gasteiger partial charge in [-0.1, -0.05) is 85.2 Å². The van der Waals surface area contributed by atoms with Crippen molar-refractivity contribution in [2.45, 2.75) is 86.0 Å². The molecule has 0 fully saturated rings. The molecule has 3 aromatic carbocycles. The molecule has 188 valence electrons. The van der Waals surface area contributed by atoms with Crippen LogP contribution in [0.2, 0.25) is 0 Å². The fourth-order valence-electron chi connectivity index (χ4n) is 4.72. The van der Waals surface area contributed by atoms with E-state index in [9.17, 15) is 10.2 Å². The molecule has 0 radical (unpaired) electrons. The summed E-state index contributed by atoms with van der Waals surface area (Å²) in [5, 5.41) is 22.9. The summed E-state index contributed by atoms with van der Waals surface area (Å²) in [4.78, 5) is 2.23. The minimum absolute atomic E-state index is 0.182. The Kier molecular flexibility index (Phi) is 7.59. The first-order valence-corrected chi connectivity index (χ1v) is 12.8. The standard InChI is InChI=1S/C32H43NO2/c1-10-11-16-33(28-20-22(3)19-26(30(28)35)32(7,8)9)27-15-13-12-14-23(27)24-17-21(2)18-25(29(24)34)31(4,5)6/h12-15,17-20,34-35H,10-11,16H2,1-9H3. The molecule has 3 aromatic rings. The smallest absolute Gasteiger partial charge is 0.142 e. The number of benzene rings is 3. The zero-order valence-corrected chi connectivity index (χ0v) is 23.1. The van der Waals surface area contributed by atoms with Gasteiger partial charge in [-0.2, -0.15) is 0 Å². The van der Waals surface area contributed by atoms with Crippen LogP contribution in [-0.4, -0.2) is 16.8 Å². The lowest BCUT2D eigenvalue weighted by Crippen LogP contribution is -2.21. The minimum Gasteiger partial charge on any atom is -0.507 e. The van der Waals surface area contributed by atoms with Gasteiger partial charge in [-0.05, 0) is 60.4 Å². The van der Waals surface area contributed by atoms with E-state index >= 15 is 0 Å². The van der Waals surface area contributed by atoms with E-state index in [0.29, 0.717) is 11.5 Å². The number of nitrogens with zero attached hydrogens (tertiary/aromatic N) is 1. The molecule has 0 heterocycles. The Morgan fingerprint density at radius 2 is 1.23 bits per heavy atom. The molecule has 0 unspecified atom stereocenters. The SMILES string of the molecule is CCCCN(c1ccccc1-c1cc(C)cc(C(C)(C)C)c1O)c1cc(C)cc(C(C)(C)C)c1O. The molecule has 0 bridgehead atoms. The van der Waals surface area contributed by atoms with Crippen LogP contribution < -0.4 is 4.90 Å². The Labute approximate surface area is 212 Å². The van der Waals surface area contributed by atoms with E-state index in [1.54, 1.807) is 0 Å². The molecule has 0 aromatic heterocycles. The van der Waals surface area contributed by atoms with Gasteiger partial charge in [-0.15, -0.1) is 0 Å². The van der Waals surface area contributed by atoms with Crippen molar-refractivity contribution in [3.05, 3.63) is 70.8 Å². The second-order valence-corrected chi connectivity index (χ2v) is 11.9. The maximum atomic E-state index is 11.5. The molecule has 3 heteroatoms. The fourth-order valence-corrected chi connectivity index (χ4v) is 4.72. The highest BCUT2D eigenvalue weighted by atomic mass is 16.3. The molecule has 0 aliphatic carbocycles. The van der Waals surface area contributed by atoms with Crippen molar-refractivity contribution in [3.63, 3.8) is 0 Å². The summed E-state index contributed by atoms with van der Waals surface area (Å²) in [5.41, 5.74) is 7.36. The van der Waals surface area contributed by atoms with E-state index in [1.807, 2.05) is 12.1 Å². The molecule has 3 nitrogen and oxygen atoms in total. The zero-order chi connectivity index (χ0) is 26.1. The van der Waals surface area contributed by atoms with Crippen molar-refractivity contribution in [1.82, 2.24) is 0 Å². The van der Waals surface area contributed by atoms with E-state index in [4.69, 9.17) is 0 Å². The highest BCUT2D eigenvalue weighted by Crippen LogP contribution is 2.47. The fraction of sp³-hybridized carbons (Fsp3) is 0.438. The van der Waals surface area contributed by atoms with E-state index in [0.717, 1.165) is 64.1 Å². The van der Waals surface area contributed by atoms with Gasteiger partial charge in [0.25, 0.3) is 0 Å². The number of rotatable bonds is 6. The van der Waals surface area contributed by atoms with Crippen LogP contribution in [0.3, 0.4) is 0 Å². The lowest BCUT2D eigenvalue weighted by Gasteiger charge is -2.32. The summed E-state index contributed by atoms with van der Waals surface area (Å²) in [5.74, 6) is 0.660. The second kappa shape index (κ2) is 9.97. The molecule has 0 aliphatic heterocycles. The maximum absolute atomic E-state index is 11.5. The van der Waals surface area contributed by atoms with Gasteiger partial charge in [0.15, 0.2) is 0 Å². The predicted octanol–water partition coefficient (Wildman–Crippen LogP) is 8.91. The number of anilines is 2. The second-order valence-electron chi connectivity index (χ2n) is 11.9. The summed E-state index contributed by atoms with van der Waals surface area (Å²) in [6, 6.07) is 16.5. The third kappa shape index (κ3) is 5.66. The lowest BCUT2D eigenvalue weighted by molar-refractivity contribution is 0.446. The van der Waals surface area contributed by atoms with E-state index in [1.165, 1.54) is 0 Å². The van der Waals surface area contributed by atoms with Crippen molar-refractivity contribution >= 4 is 11.4 Å². The molecule has 0 aliphatic rings. The Morgan fingerprint density at radius 3 is 1.80 bits per heavy atom. The highest BCUT2D eigenvalue weighted by molar-refractivity contribution is 5.87. The molecule has 0 saturated heterocycles. The van der Waals surface area contributed by atoms with Crippen LogP contribution in [0.15, 0.2) is 48.5 Å². The molecular formula is C32H43NO2. The van der Waals surface area contributed by atoms with Gasteiger partial charge >= 0.3 is 0 Å². The molecule has 0 atom stereocenters. The Balaban J connectivity index is 2.31. The third-order valence-corrected chi connectivity index (χ3v) is 6.62. The van der Waals surface area contributed by atoms with Crippen LogP contribution in [0.25, 0.3) is 11.1 Å². The number of aryl methyl sites for hydroxylation is 2. The first-order chi connectivity index (χ1) is 16.3. The molecule has 0 spiro atoms. The quantitative estimate of drug-likeness (QED) is 0.375. The van der Waals surface area contributed by atoms with Gasteiger partial charge in [-0.3, -0.25) is 0 Å².